The molecule has 0 aliphatic carbocycles. The molecule has 18 heavy (non-hydrogen) atoms. The Morgan fingerprint density at radius 1 is 1.50 bits per heavy atom. The molecule has 0 fully saturated rings. The number of aliphatic carboxylic acids is 1. The zero-order chi connectivity index (χ0) is 14.6. The van der Waals surface area contributed by atoms with E-state index in [0.29, 0.717) is 0 Å². The van der Waals surface area contributed by atoms with Crippen LogP contribution >= 0.6 is 0 Å². The topological polar surface area (TPSA) is 98.5 Å². The molecular weight excluding hydrogens is 277 g/mol. The maximum Gasteiger partial charge on any atom is 0.402 e. The van der Waals surface area contributed by atoms with Gasteiger partial charge in [-0.3, -0.25) is 4.79 Å². The largest absolute Gasteiger partial charge is 0.480 e. The highest BCUT2D eigenvalue weighted by Crippen LogP contribution is 2.21. The Hall–Kier alpha value is -1.34. The summed E-state index contributed by atoms with van der Waals surface area (Å²) in [6.45, 7) is -1.96. The fourth-order valence-electron chi connectivity index (χ4n) is 1.14. The molecule has 6 nitrogen and oxygen atoms in total. The minimum Gasteiger partial charge on any atom is -0.480 e. The lowest BCUT2D eigenvalue weighted by Crippen LogP contribution is -2.45. The van der Waals surface area contributed by atoms with Crippen molar-refractivity contribution in [2.75, 3.05) is 13.1 Å². The fraction of sp³-hybridized carbons (Fsp3) is 0.750. The van der Waals surface area contributed by atoms with Gasteiger partial charge in [0.1, 0.15) is 13.1 Å². The van der Waals surface area contributed by atoms with E-state index in [1.54, 1.807) is 0 Å². The normalized spacial score (nSPS) is 14.2. The first-order valence-corrected chi connectivity index (χ1v) is 6.22. The van der Waals surface area contributed by atoms with Crippen molar-refractivity contribution in [2.24, 2.45) is 0 Å². The van der Waals surface area contributed by atoms with Gasteiger partial charge < -0.3 is 5.11 Å². The molecule has 0 aliphatic rings. The minimum atomic E-state index is -4.88. The van der Waals surface area contributed by atoms with E-state index in [0.717, 1.165) is 0 Å². The summed E-state index contributed by atoms with van der Waals surface area (Å²) in [6, 6.07) is 1.34. The van der Waals surface area contributed by atoms with E-state index >= 15 is 0 Å². The van der Waals surface area contributed by atoms with Crippen LogP contribution in [0.5, 0.6) is 0 Å². The average Bonchev–Trinajstić information content (AvgIpc) is 2.15. The number of alkyl halides is 3. The number of carboxylic acid groups (broad SMARTS) is 1. The molecule has 0 amide bonds. The summed E-state index contributed by atoms with van der Waals surface area (Å²) in [5.41, 5.74) is 0. The predicted octanol–water partition coefficient (Wildman–Crippen LogP) is 0.567. The van der Waals surface area contributed by atoms with Gasteiger partial charge in [-0.15, -0.1) is 0 Å². The molecule has 0 rings (SSSR count). The van der Waals surface area contributed by atoms with E-state index in [1.165, 1.54) is 13.0 Å². The number of halogens is 3. The Kier molecular flexibility index (Phi) is 5.56. The molecule has 1 unspecified atom stereocenters. The zero-order valence-corrected chi connectivity index (χ0v) is 10.1. The third-order valence-corrected chi connectivity index (χ3v) is 4.04. The molecule has 104 valence electrons. The van der Waals surface area contributed by atoms with E-state index in [2.05, 4.69) is 0 Å². The third kappa shape index (κ3) is 4.89. The van der Waals surface area contributed by atoms with Gasteiger partial charge in [0.15, 0.2) is 5.25 Å². The summed E-state index contributed by atoms with van der Waals surface area (Å²) in [5.74, 6) is -1.73. The van der Waals surface area contributed by atoms with Crippen molar-refractivity contribution in [1.82, 2.24) is 4.31 Å². The van der Waals surface area contributed by atoms with E-state index < -0.39 is 40.5 Å². The summed E-state index contributed by atoms with van der Waals surface area (Å²) >= 11 is 0. The predicted molar refractivity (Wildman–Crippen MR) is 53.9 cm³/mol. The first-order valence-electron chi connectivity index (χ1n) is 4.71. The van der Waals surface area contributed by atoms with Gasteiger partial charge in [-0.25, -0.2) is 8.42 Å². The molecule has 10 heteroatoms. The molecule has 0 aliphatic heterocycles. The molecule has 0 aromatic carbocycles. The lowest BCUT2D eigenvalue weighted by Gasteiger charge is -2.23. The Bertz CT molecular complexity index is 440. The second kappa shape index (κ2) is 6.01. The lowest BCUT2D eigenvalue weighted by atomic mass is 10.4. The highest BCUT2D eigenvalue weighted by atomic mass is 32.2. The van der Waals surface area contributed by atoms with Gasteiger partial charge in [-0.1, -0.05) is 6.92 Å². The SMILES string of the molecule is CCC(C#N)S(=O)(=O)N(CC(=O)O)CC(F)(F)F. The van der Waals surface area contributed by atoms with Gasteiger partial charge in [0.05, 0.1) is 6.07 Å². The van der Waals surface area contributed by atoms with Crippen LogP contribution < -0.4 is 0 Å². The number of carbonyl (C=O) groups is 1. The molecule has 0 aromatic rings. The van der Waals surface area contributed by atoms with Crippen LogP contribution in [0.15, 0.2) is 0 Å². The van der Waals surface area contributed by atoms with Crippen LogP contribution in [0.4, 0.5) is 13.2 Å². The van der Waals surface area contributed by atoms with Crippen molar-refractivity contribution in [2.45, 2.75) is 24.8 Å². The zero-order valence-electron chi connectivity index (χ0n) is 9.31. The van der Waals surface area contributed by atoms with Gasteiger partial charge in [0.25, 0.3) is 0 Å². The van der Waals surface area contributed by atoms with Crippen LogP contribution in [0.3, 0.4) is 0 Å². The summed E-state index contributed by atoms with van der Waals surface area (Å²) in [6.07, 6.45) is -5.11. The molecule has 0 heterocycles. The number of nitrogens with zero attached hydrogens (tertiary/aromatic N) is 2. The maximum absolute atomic E-state index is 12.2. The summed E-state index contributed by atoms with van der Waals surface area (Å²) in [7, 11) is -4.62. The lowest BCUT2D eigenvalue weighted by molar-refractivity contribution is -0.146. The Labute approximate surface area is 102 Å². The molecule has 1 N–H and O–H groups in total. The van der Waals surface area contributed by atoms with Crippen molar-refractivity contribution >= 4 is 16.0 Å². The van der Waals surface area contributed by atoms with Crippen LogP contribution in [0.25, 0.3) is 0 Å². The first-order chi connectivity index (χ1) is 8.04. The highest BCUT2D eigenvalue weighted by Gasteiger charge is 2.40. The number of hydrogen-bond acceptors (Lipinski definition) is 4. The maximum atomic E-state index is 12.2. The first kappa shape index (κ1) is 16.7. The third-order valence-electron chi connectivity index (χ3n) is 1.90. The molecule has 0 aromatic heterocycles. The number of sulfonamides is 1. The van der Waals surface area contributed by atoms with Crippen LogP contribution in [0.2, 0.25) is 0 Å². The summed E-state index contributed by atoms with van der Waals surface area (Å²) in [4.78, 5) is 10.4. The second-order valence-corrected chi connectivity index (χ2v) is 5.46. The van der Waals surface area contributed by atoms with Crippen molar-refractivity contribution in [3.63, 3.8) is 0 Å². The Balaban J connectivity index is 5.31. The summed E-state index contributed by atoms with van der Waals surface area (Å²) in [5, 5.41) is 15.3. The molecule has 0 saturated heterocycles. The molecule has 0 radical (unpaired) electrons. The van der Waals surface area contributed by atoms with E-state index in [9.17, 15) is 26.4 Å². The Morgan fingerprint density at radius 2 is 2.00 bits per heavy atom. The van der Waals surface area contributed by atoms with Gasteiger partial charge in [-0.05, 0) is 6.42 Å². The van der Waals surface area contributed by atoms with E-state index in [4.69, 9.17) is 10.4 Å². The Morgan fingerprint density at radius 3 is 2.28 bits per heavy atom. The minimum absolute atomic E-state index is 0.229. The van der Waals surface area contributed by atoms with Gasteiger partial charge in [-0.2, -0.15) is 22.7 Å². The summed E-state index contributed by atoms with van der Waals surface area (Å²) < 4.78 is 59.6. The van der Waals surface area contributed by atoms with Crippen molar-refractivity contribution in [1.29, 1.82) is 5.26 Å². The number of rotatable bonds is 6. The number of hydrogen-bond donors (Lipinski definition) is 1. The van der Waals surface area contributed by atoms with E-state index in [1.807, 2.05) is 0 Å². The standard InChI is InChI=1S/C8H11F3N2O4S/c1-2-6(3-12)18(16,17)13(4-7(14)15)5-8(9,10)11/h6H,2,4-5H2,1H3,(H,14,15). The van der Waals surface area contributed by atoms with Crippen molar-refractivity contribution < 1.29 is 31.5 Å². The molecule has 0 spiro atoms. The van der Waals surface area contributed by atoms with Crippen LogP contribution in [-0.4, -0.2) is 48.3 Å². The average molecular weight is 288 g/mol. The second-order valence-electron chi connectivity index (χ2n) is 3.35. The highest BCUT2D eigenvalue weighted by molar-refractivity contribution is 7.90. The quantitative estimate of drug-likeness (QED) is 0.770. The van der Waals surface area contributed by atoms with Gasteiger partial charge in [0, 0.05) is 0 Å². The van der Waals surface area contributed by atoms with E-state index in [-0.39, 0.29) is 10.7 Å². The molecular formula is C8H11F3N2O4S. The van der Waals surface area contributed by atoms with Crippen molar-refractivity contribution in [3.8, 4) is 6.07 Å². The number of carboxylic acids is 1. The van der Waals surface area contributed by atoms with Crippen LogP contribution in [-0.2, 0) is 14.8 Å². The smallest absolute Gasteiger partial charge is 0.402 e. The number of nitriles is 1. The van der Waals surface area contributed by atoms with Gasteiger partial charge in [0.2, 0.25) is 10.0 Å². The van der Waals surface area contributed by atoms with Crippen molar-refractivity contribution in [3.05, 3.63) is 0 Å². The fourth-order valence-corrected chi connectivity index (χ4v) is 2.67. The molecule has 0 saturated carbocycles. The van der Waals surface area contributed by atoms with Gasteiger partial charge >= 0.3 is 12.1 Å². The molecule has 0 bridgehead atoms. The monoisotopic (exact) mass is 288 g/mol. The molecule has 1 atom stereocenters. The van der Waals surface area contributed by atoms with Crippen LogP contribution in [0, 0.1) is 11.3 Å². The van der Waals surface area contributed by atoms with Crippen LogP contribution in [0.1, 0.15) is 13.3 Å².